The van der Waals surface area contributed by atoms with Crippen molar-refractivity contribution in [2.45, 2.75) is 33.7 Å². The number of hydrogen-bond donors (Lipinski definition) is 0. The first-order valence-corrected chi connectivity index (χ1v) is 9.13. The van der Waals surface area contributed by atoms with E-state index in [4.69, 9.17) is 0 Å². The van der Waals surface area contributed by atoms with Gasteiger partial charge in [-0.05, 0) is 43.0 Å². The third kappa shape index (κ3) is 4.49. The summed E-state index contributed by atoms with van der Waals surface area (Å²) in [6, 6.07) is 14.8. The van der Waals surface area contributed by atoms with Crippen molar-refractivity contribution in [2.75, 3.05) is 26.2 Å². The first-order valence-electron chi connectivity index (χ1n) is 9.13. The van der Waals surface area contributed by atoms with Crippen molar-refractivity contribution >= 4 is 5.91 Å². The highest BCUT2D eigenvalue weighted by Gasteiger charge is 2.21. The number of aryl methyl sites for hydroxylation is 3. The fraction of sp³-hybridized carbons (Fsp3) is 0.409. The normalized spacial score (nSPS) is 15.4. The van der Waals surface area contributed by atoms with Crippen LogP contribution in [-0.4, -0.2) is 41.9 Å². The van der Waals surface area contributed by atoms with E-state index in [-0.39, 0.29) is 5.91 Å². The van der Waals surface area contributed by atoms with Crippen LogP contribution in [0.1, 0.15) is 27.8 Å². The molecule has 3 heteroatoms. The van der Waals surface area contributed by atoms with Gasteiger partial charge in [-0.15, -0.1) is 0 Å². The van der Waals surface area contributed by atoms with Crippen molar-refractivity contribution < 1.29 is 4.79 Å². The van der Waals surface area contributed by atoms with Gasteiger partial charge < -0.3 is 4.90 Å². The van der Waals surface area contributed by atoms with Gasteiger partial charge in [-0.3, -0.25) is 9.69 Å². The average Bonchev–Trinajstić information content (AvgIpc) is 2.61. The highest BCUT2D eigenvalue weighted by molar-refractivity contribution is 5.79. The van der Waals surface area contributed by atoms with E-state index in [0.717, 1.165) is 38.3 Å². The lowest BCUT2D eigenvalue weighted by Crippen LogP contribution is -2.48. The molecule has 1 heterocycles. The topological polar surface area (TPSA) is 23.6 Å². The Morgan fingerprint density at radius 2 is 1.56 bits per heavy atom. The zero-order valence-corrected chi connectivity index (χ0v) is 15.6. The van der Waals surface area contributed by atoms with Crippen molar-refractivity contribution in [1.29, 1.82) is 0 Å². The van der Waals surface area contributed by atoms with Gasteiger partial charge in [0.05, 0.1) is 6.42 Å². The third-order valence-electron chi connectivity index (χ3n) is 5.23. The van der Waals surface area contributed by atoms with E-state index in [0.29, 0.717) is 6.42 Å². The Morgan fingerprint density at radius 3 is 2.28 bits per heavy atom. The Morgan fingerprint density at radius 1 is 0.880 bits per heavy atom. The van der Waals surface area contributed by atoms with Crippen molar-refractivity contribution in [3.8, 4) is 0 Å². The van der Waals surface area contributed by atoms with Crippen LogP contribution in [0.3, 0.4) is 0 Å². The minimum Gasteiger partial charge on any atom is -0.340 e. The molecule has 0 spiro atoms. The van der Waals surface area contributed by atoms with E-state index in [1.165, 1.54) is 22.3 Å². The fourth-order valence-corrected chi connectivity index (χ4v) is 3.45. The number of amides is 1. The van der Waals surface area contributed by atoms with Gasteiger partial charge in [0.1, 0.15) is 0 Å². The molecule has 0 aliphatic carbocycles. The van der Waals surface area contributed by atoms with Crippen molar-refractivity contribution in [2.24, 2.45) is 0 Å². The summed E-state index contributed by atoms with van der Waals surface area (Å²) in [4.78, 5) is 17.1. The van der Waals surface area contributed by atoms with E-state index in [1.807, 2.05) is 17.0 Å². The molecule has 2 aromatic carbocycles. The summed E-state index contributed by atoms with van der Waals surface area (Å²) in [5, 5.41) is 0. The number of benzene rings is 2. The van der Waals surface area contributed by atoms with E-state index in [1.54, 1.807) is 0 Å². The maximum atomic E-state index is 12.6. The minimum absolute atomic E-state index is 0.251. The van der Waals surface area contributed by atoms with Crippen LogP contribution in [0.15, 0.2) is 42.5 Å². The van der Waals surface area contributed by atoms with Gasteiger partial charge >= 0.3 is 0 Å². The van der Waals surface area contributed by atoms with Gasteiger partial charge in [0.25, 0.3) is 0 Å². The summed E-state index contributed by atoms with van der Waals surface area (Å²) >= 11 is 0. The second kappa shape index (κ2) is 7.83. The van der Waals surface area contributed by atoms with Crippen LogP contribution in [0, 0.1) is 20.8 Å². The van der Waals surface area contributed by atoms with Crippen LogP contribution in [0.5, 0.6) is 0 Å². The fourth-order valence-electron chi connectivity index (χ4n) is 3.45. The van der Waals surface area contributed by atoms with Crippen LogP contribution in [0.4, 0.5) is 0 Å². The number of carbonyl (C=O) groups is 1. The van der Waals surface area contributed by atoms with Gasteiger partial charge in [0, 0.05) is 32.7 Å². The molecule has 0 bridgehead atoms. The lowest BCUT2D eigenvalue weighted by Gasteiger charge is -2.35. The Hall–Kier alpha value is -2.13. The molecule has 0 atom stereocenters. The van der Waals surface area contributed by atoms with Crippen LogP contribution in [0.25, 0.3) is 0 Å². The first kappa shape index (κ1) is 17.7. The number of hydrogen-bond acceptors (Lipinski definition) is 2. The second-order valence-corrected chi connectivity index (χ2v) is 7.19. The molecule has 1 saturated heterocycles. The number of carbonyl (C=O) groups excluding carboxylic acids is 1. The molecular weight excluding hydrogens is 308 g/mol. The molecule has 25 heavy (non-hydrogen) atoms. The largest absolute Gasteiger partial charge is 0.340 e. The van der Waals surface area contributed by atoms with Gasteiger partial charge in [-0.1, -0.05) is 48.0 Å². The van der Waals surface area contributed by atoms with Crippen molar-refractivity contribution in [3.05, 3.63) is 70.3 Å². The molecule has 132 valence electrons. The molecule has 1 fully saturated rings. The zero-order valence-electron chi connectivity index (χ0n) is 15.6. The number of rotatable bonds is 4. The lowest BCUT2D eigenvalue weighted by molar-refractivity contribution is -0.132. The predicted octanol–water partition coefficient (Wildman–Crippen LogP) is 3.50. The van der Waals surface area contributed by atoms with E-state index in [2.05, 4.69) is 56.0 Å². The molecule has 1 amide bonds. The van der Waals surface area contributed by atoms with Crippen LogP contribution in [0.2, 0.25) is 0 Å². The quantitative estimate of drug-likeness (QED) is 0.853. The van der Waals surface area contributed by atoms with Gasteiger partial charge in [-0.25, -0.2) is 0 Å². The summed E-state index contributed by atoms with van der Waals surface area (Å²) < 4.78 is 0. The molecule has 0 N–H and O–H groups in total. The minimum atomic E-state index is 0.251. The maximum Gasteiger partial charge on any atom is 0.227 e. The Labute approximate surface area is 151 Å². The average molecular weight is 336 g/mol. The predicted molar refractivity (Wildman–Crippen MR) is 103 cm³/mol. The molecule has 0 radical (unpaired) electrons. The lowest BCUT2D eigenvalue weighted by atomic mass is 10.0. The van der Waals surface area contributed by atoms with E-state index < -0.39 is 0 Å². The Kier molecular flexibility index (Phi) is 5.54. The molecule has 2 aromatic rings. The van der Waals surface area contributed by atoms with Gasteiger partial charge in [0.2, 0.25) is 5.91 Å². The van der Waals surface area contributed by atoms with E-state index >= 15 is 0 Å². The van der Waals surface area contributed by atoms with Crippen molar-refractivity contribution in [1.82, 2.24) is 9.80 Å². The summed E-state index contributed by atoms with van der Waals surface area (Å²) in [6.45, 7) is 10.9. The molecule has 0 saturated carbocycles. The van der Waals surface area contributed by atoms with Crippen LogP contribution in [-0.2, 0) is 17.8 Å². The van der Waals surface area contributed by atoms with Gasteiger partial charge in [-0.2, -0.15) is 0 Å². The number of nitrogens with zero attached hydrogens (tertiary/aromatic N) is 2. The highest BCUT2D eigenvalue weighted by Crippen LogP contribution is 2.16. The first-order chi connectivity index (χ1) is 12.0. The van der Waals surface area contributed by atoms with E-state index in [9.17, 15) is 4.79 Å². The van der Waals surface area contributed by atoms with Gasteiger partial charge in [0.15, 0.2) is 0 Å². The molecule has 1 aliphatic rings. The standard InChI is InChI=1S/C22H28N2O/c1-17-8-9-19(3)21(14-17)16-23-10-12-24(13-11-23)22(25)15-20-7-5-4-6-18(20)2/h4-9,14H,10-13,15-16H2,1-3H3. The SMILES string of the molecule is Cc1ccc(C)c(CN2CCN(C(=O)Cc3ccccc3C)CC2)c1. The Balaban J connectivity index is 1.54. The molecule has 0 unspecified atom stereocenters. The monoisotopic (exact) mass is 336 g/mol. The summed E-state index contributed by atoms with van der Waals surface area (Å²) in [7, 11) is 0. The molecular formula is C22H28N2O. The highest BCUT2D eigenvalue weighted by atomic mass is 16.2. The molecule has 1 aliphatic heterocycles. The third-order valence-corrected chi connectivity index (χ3v) is 5.23. The zero-order chi connectivity index (χ0) is 17.8. The molecule has 3 nitrogen and oxygen atoms in total. The van der Waals surface area contributed by atoms with Crippen LogP contribution < -0.4 is 0 Å². The second-order valence-electron chi connectivity index (χ2n) is 7.19. The summed E-state index contributed by atoms with van der Waals surface area (Å²) in [5.74, 6) is 0.251. The summed E-state index contributed by atoms with van der Waals surface area (Å²) in [5.41, 5.74) is 6.41. The van der Waals surface area contributed by atoms with Crippen LogP contribution >= 0.6 is 0 Å². The number of piperazine rings is 1. The smallest absolute Gasteiger partial charge is 0.227 e. The van der Waals surface area contributed by atoms with Crippen molar-refractivity contribution in [3.63, 3.8) is 0 Å². The maximum absolute atomic E-state index is 12.6. The molecule has 3 rings (SSSR count). The Bertz CT molecular complexity index is 745. The molecule has 0 aromatic heterocycles. The summed E-state index contributed by atoms with van der Waals surface area (Å²) in [6.07, 6.45) is 0.518.